The first-order valence-electron chi connectivity index (χ1n) is 15.2. The Morgan fingerprint density at radius 2 is 1.41 bits per heavy atom. The quantitative estimate of drug-likeness (QED) is 0.202. The van der Waals surface area contributed by atoms with Gasteiger partial charge >= 0.3 is 0 Å². The van der Waals surface area contributed by atoms with Crippen LogP contribution >= 0.6 is 0 Å². The maximum Gasteiger partial charge on any atom is 0.264 e. The Morgan fingerprint density at radius 3 is 2.02 bits per heavy atom. The van der Waals surface area contributed by atoms with E-state index in [9.17, 15) is 22.4 Å². The molecular weight excluding hydrogens is 601 g/mol. The molecule has 0 heterocycles. The summed E-state index contributed by atoms with van der Waals surface area (Å²) in [6.07, 6.45) is 0.184. The maximum absolute atomic E-state index is 14.6. The number of benzene rings is 4. The molecular formula is C37H42FN3O4S. The number of sulfonamides is 1. The number of amides is 2. The van der Waals surface area contributed by atoms with Crippen molar-refractivity contribution in [3.63, 3.8) is 0 Å². The Kier molecular flexibility index (Phi) is 10.7. The highest BCUT2D eigenvalue weighted by Gasteiger charge is 2.36. The van der Waals surface area contributed by atoms with Crippen LogP contribution in [0.3, 0.4) is 0 Å². The molecule has 0 saturated carbocycles. The number of aryl methyl sites for hydroxylation is 3. The molecule has 0 aromatic heterocycles. The van der Waals surface area contributed by atoms with Crippen LogP contribution in [-0.2, 0) is 32.6 Å². The van der Waals surface area contributed by atoms with Crippen LogP contribution in [0, 0.1) is 26.6 Å². The fourth-order valence-corrected chi connectivity index (χ4v) is 6.60. The zero-order chi connectivity index (χ0) is 33.6. The molecule has 9 heteroatoms. The van der Waals surface area contributed by atoms with E-state index < -0.39 is 39.9 Å². The second-order valence-corrected chi connectivity index (χ2v) is 14.6. The van der Waals surface area contributed by atoms with E-state index >= 15 is 0 Å². The highest BCUT2D eigenvalue weighted by molar-refractivity contribution is 7.92. The molecule has 1 atom stereocenters. The maximum atomic E-state index is 14.6. The van der Waals surface area contributed by atoms with Gasteiger partial charge in [0.2, 0.25) is 11.8 Å². The van der Waals surface area contributed by atoms with Gasteiger partial charge in [-0.1, -0.05) is 72.3 Å². The standard InChI is InChI=1S/C37H42FN3O4S/c1-26-13-20-32(21-14-26)46(44,45)41(33-22-27(2)12-15-28(33)3)25-35(42)40(24-30-16-18-31(38)19-17-30)34(36(43)39-37(4,5)6)23-29-10-8-7-9-11-29/h7-22,34H,23-25H2,1-6H3,(H,39,43)/t34-/m0/s1. The van der Waals surface area contributed by atoms with E-state index in [1.807, 2.05) is 77.1 Å². The summed E-state index contributed by atoms with van der Waals surface area (Å²) in [6, 6.07) is 26.0. The Morgan fingerprint density at radius 1 is 0.804 bits per heavy atom. The van der Waals surface area contributed by atoms with Crippen molar-refractivity contribution in [2.24, 2.45) is 0 Å². The minimum absolute atomic E-state index is 0.0423. The van der Waals surface area contributed by atoms with Gasteiger partial charge in [0.05, 0.1) is 10.6 Å². The predicted octanol–water partition coefficient (Wildman–Crippen LogP) is 6.50. The SMILES string of the molecule is Cc1ccc(S(=O)(=O)N(CC(=O)N(Cc2ccc(F)cc2)[C@@H](Cc2ccccc2)C(=O)NC(C)(C)C)c2cc(C)ccc2C)cc1. The van der Waals surface area contributed by atoms with Crippen LogP contribution in [0.2, 0.25) is 0 Å². The molecule has 0 aliphatic carbocycles. The zero-order valence-electron chi connectivity index (χ0n) is 27.2. The van der Waals surface area contributed by atoms with Gasteiger partial charge in [0, 0.05) is 18.5 Å². The van der Waals surface area contributed by atoms with E-state index in [-0.39, 0.29) is 23.8 Å². The van der Waals surface area contributed by atoms with Gasteiger partial charge < -0.3 is 10.2 Å². The third-order valence-electron chi connectivity index (χ3n) is 7.56. The van der Waals surface area contributed by atoms with Gasteiger partial charge in [-0.05, 0) is 94.1 Å². The smallest absolute Gasteiger partial charge is 0.264 e. The zero-order valence-corrected chi connectivity index (χ0v) is 28.1. The lowest BCUT2D eigenvalue weighted by Gasteiger charge is -2.35. The Hall–Kier alpha value is -4.50. The molecule has 46 heavy (non-hydrogen) atoms. The van der Waals surface area contributed by atoms with Crippen LogP contribution in [-0.4, -0.2) is 43.3 Å². The van der Waals surface area contributed by atoms with Gasteiger partial charge in [0.25, 0.3) is 10.0 Å². The summed E-state index contributed by atoms with van der Waals surface area (Å²) in [6.45, 7) is 10.5. The number of rotatable bonds is 11. The topological polar surface area (TPSA) is 86.8 Å². The van der Waals surface area contributed by atoms with Gasteiger partial charge in [-0.15, -0.1) is 0 Å². The van der Waals surface area contributed by atoms with Crippen molar-refractivity contribution >= 4 is 27.5 Å². The average molecular weight is 644 g/mol. The summed E-state index contributed by atoms with van der Waals surface area (Å²) in [5, 5.41) is 3.01. The highest BCUT2D eigenvalue weighted by atomic mass is 32.2. The molecule has 2 amide bonds. The molecule has 0 unspecified atom stereocenters. The van der Waals surface area contributed by atoms with E-state index in [4.69, 9.17) is 0 Å². The molecule has 0 aliphatic heterocycles. The Bertz CT molecular complexity index is 1770. The molecule has 0 saturated heterocycles. The number of hydrogen-bond acceptors (Lipinski definition) is 4. The lowest BCUT2D eigenvalue weighted by Crippen LogP contribution is -2.56. The fraction of sp³-hybridized carbons (Fsp3) is 0.297. The average Bonchev–Trinajstić information content (AvgIpc) is 2.99. The minimum Gasteiger partial charge on any atom is -0.350 e. The number of carbonyl (C=O) groups excluding carboxylic acids is 2. The molecule has 0 fully saturated rings. The number of carbonyl (C=O) groups is 2. The molecule has 242 valence electrons. The molecule has 0 aliphatic rings. The first-order valence-corrected chi connectivity index (χ1v) is 16.6. The minimum atomic E-state index is -4.22. The second-order valence-electron chi connectivity index (χ2n) is 12.7. The molecule has 7 nitrogen and oxygen atoms in total. The summed E-state index contributed by atoms with van der Waals surface area (Å²) in [5.41, 5.74) is 3.58. The van der Waals surface area contributed by atoms with Crippen LogP contribution in [0.15, 0.2) is 102 Å². The summed E-state index contributed by atoms with van der Waals surface area (Å²) >= 11 is 0. The normalized spacial score (nSPS) is 12.3. The van der Waals surface area contributed by atoms with Crippen molar-refractivity contribution in [2.45, 2.75) is 71.0 Å². The molecule has 4 aromatic rings. The van der Waals surface area contributed by atoms with Crippen LogP contribution in [0.1, 0.15) is 48.6 Å². The van der Waals surface area contributed by atoms with E-state index in [1.54, 1.807) is 37.3 Å². The number of halogens is 1. The molecule has 1 N–H and O–H groups in total. The van der Waals surface area contributed by atoms with Gasteiger partial charge in [0.1, 0.15) is 18.4 Å². The Labute approximate surface area is 272 Å². The van der Waals surface area contributed by atoms with Crippen LogP contribution in [0.25, 0.3) is 0 Å². The van der Waals surface area contributed by atoms with Crippen molar-refractivity contribution in [1.82, 2.24) is 10.2 Å². The summed E-state index contributed by atoms with van der Waals surface area (Å²) in [5.74, 6) is -1.39. The van der Waals surface area contributed by atoms with Gasteiger partial charge in [-0.2, -0.15) is 0 Å². The number of nitrogens with zero attached hydrogens (tertiary/aromatic N) is 2. The van der Waals surface area contributed by atoms with Gasteiger partial charge in [-0.25, -0.2) is 12.8 Å². The molecule has 4 rings (SSSR count). The highest BCUT2D eigenvalue weighted by Crippen LogP contribution is 2.29. The molecule has 0 spiro atoms. The molecule has 4 aromatic carbocycles. The van der Waals surface area contributed by atoms with E-state index in [2.05, 4.69) is 5.32 Å². The van der Waals surface area contributed by atoms with Gasteiger partial charge in [-0.3, -0.25) is 13.9 Å². The summed E-state index contributed by atoms with van der Waals surface area (Å²) in [4.78, 5) is 30.0. The van der Waals surface area contributed by atoms with E-state index in [0.717, 1.165) is 21.0 Å². The van der Waals surface area contributed by atoms with Crippen molar-refractivity contribution in [3.8, 4) is 0 Å². The van der Waals surface area contributed by atoms with Crippen molar-refractivity contribution in [2.75, 3.05) is 10.8 Å². The van der Waals surface area contributed by atoms with Crippen molar-refractivity contribution < 1.29 is 22.4 Å². The first kappa shape index (κ1) is 34.4. The number of nitrogens with one attached hydrogen (secondary N) is 1. The summed E-state index contributed by atoms with van der Waals surface area (Å²) in [7, 11) is -4.22. The molecule has 0 bridgehead atoms. The van der Waals surface area contributed by atoms with Crippen molar-refractivity contribution in [1.29, 1.82) is 0 Å². The third kappa shape index (κ3) is 8.81. The number of anilines is 1. The van der Waals surface area contributed by atoms with E-state index in [0.29, 0.717) is 16.8 Å². The van der Waals surface area contributed by atoms with Crippen molar-refractivity contribution in [3.05, 3.63) is 131 Å². The first-order chi connectivity index (χ1) is 21.6. The van der Waals surface area contributed by atoms with Gasteiger partial charge in [0.15, 0.2) is 0 Å². The molecule has 0 radical (unpaired) electrons. The lowest BCUT2D eigenvalue weighted by molar-refractivity contribution is -0.140. The number of hydrogen-bond donors (Lipinski definition) is 1. The van der Waals surface area contributed by atoms with E-state index in [1.165, 1.54) is 29.2 Å². The van der Waals surface area contributed by atoms with Crippen LogP contribution in [0.5, 0.6) is 0 Å². The van der Waals surface area contributed by atoms with Crippen LogP contribution < -0.4 is 9.62 Å². The fourth-order valence-electron chi connectivity index (χ4n) is 5.13. The van der Waals surface area contributed by atoms with Crippen LogP contribution in [0.4, 0.5) is 10.1 Å². The largest absolute Gasteiger partial charge is 0.350 e. The second kappa shape index (κ2) is 14.3. The predicted molar refractivity (Wildman–Crippen MR) is 180 cm³/mol. The third-order valence-corrected chi connectivity index (χ3v) is 9.33. The Balaban J connectivity index is 1.84. The monoisotopic (exact) mass is 643 g/mol. The summed E-state index contributed by atoms with van der Waals surface area (Å²) < 4.78 is 43.6. The lowest BCUT2D eigenvalue weighted by atomic mass is 10.0.